The summed E-state index contributed by atoms with van der Waals surface area (Å²) in [5.74, 6) is 0.683. The lowest BCUT2D eigenvalue weighted by Crippen LogP contribution is -2.33. The molecule has 1 heterocycles. The van der Waals surface area contributed by atoms with Gasteiger partial charge in [-0.2, -0.15) is 0 Å². The molecular weight excluding hydrogens is 304 g/mol. The average Bonchev–Trinajstić information content (AvgIpc) is 3.26. The van der Waals surface area contributed by atoms with Gasteiger partial charge in [0.1, 0.15) is 18.1 Å². The minimum absolute atomic E-state index is 0.00117. The Kier molecular flexibility index (Phi) is 3.62. The molecule has 2 aromatic rings. The Balaban J connectivity index is 1.47. The molecule has 2 aliphatic rings. The van der Waals surface area contributed by atoms with Crippen LogP contribution < -0.4 is 10.5 Å². The van der Waals surface area contributed by atoms with E-state index >= 15 is 0 Å². The standard InChI is InChI=1S/C18H24N4O2/c1-13(23)15-4-2-3-5-16(15)24-11-14-10-22(21-20-14)18-8-6-17(19,12-18)7-9-18/h2-5,10,13,23H,6-9,11-12,19H2,1H3. The molecule has 0 spiro atoms. The Morgan fingerprint density at radius 3 is 2.71 bits per heavy atom. The zero-order valence-corrected chi connectivity index (χ0v) is 14.0. The van der Waals surface area contributed by atoms with Crippen molar-refractivity contribution in [3.63, 3.8) is 0 Å². The molecule has 1 atom stereocenters. The van der Waals surface area contributed by atoms with Crippen LogP contribution in [-0.2, 0) is 12.1 Å². The second kappa shape index (κ2) is 5.57. The Labute approximate surface area is 141 Å². The summed E-state index contributed by atoms with van der Waals surface area (Å²) < 4.78 is 7.86. The molecule has 3 N–H and O–H groups in total. The molecule has 1 unspecified atom stereocenters. The summed E-state index contributed by atoms with van der Waals surface area (Å²) >= 11 is 0. The van der Waals surface area contributed by atoms with Crippen LogP contribution >= 0.6 is 0 Å². The predicted molar refractivity (Wildman–Crippen MR) is 89.4 cm³/mol. The van der Waals surface area contributed by atoms with Crippen molar-refractivity contribution in [1.29, 1.82) is 0 Å². The van der Waals surface area contributed by atoms with E-state index in [9.17, 15) is 5.11 Å². The number of para-hydroxylation sites is 1. The van der Waals surface area contributed by atoms with E-state index in [0.29, 0.717) is 12.4 Å². The molecule has 1 aromatic heterocycles. The summed E-state index contributed by atoms with van der Waals surface area (Å²) in [6, 6.07) is 7.52. The highest BCUT2D eigenvalue weighted by Crippen LogP contribution is 2.53. The number of ether oxygens (including phenoxy) is 1. The first-order chi connectivity index (χ1) is 11.5. The third-order valence-corrected chi connectivity index (χ3v) is 5.63. The van der Waals surface area contributed by atoms with Crippen molar-refractivity contribution in [3.05, 3.63) is 41.7 Å². The van der Waals surface area contributed by atoms with E-state index in [2.05, 4.69) is 10.3 Å². The Hall–Kier alpha value is -1.92. The van der Waals surface area contributed by atoms with Crippen LogP contribution in [0.15, 0.2) is 30.5 Å². The lowest BCUT2D eigenvalue weighted by Gasteiger charge is -2.26. The number of aliphatic hydroxyl groups is 1. The van der Waals surface area contributed by atoms with Crippen molar-refractivity contribution in [2.24, 2.45) is 5.73 Å². The normalized spacial score (nSPS) is 29.8. The second-order valence-corrected chi connectivity index (χ2v) is 7.42. The summed E-state index contributed by atoms with van der Waals surface area (Å²) in [5.41, 5.74) is 8.03. The van der Waals surface area contributed by atoms with Gasteiger partial charge < -0.3 is 15.6 Å². The zero-order chi connectivity index (χ0) is 16.8. The van der Waals surface area contributed by atoms with Gasteiger partial charge in [0.25, 0.3) is 0 Å². The molecule has 0 amide bonds. The quantitative estimate of drug-likeness (QED) is 0.879. The van der Waals surface area contributed by atoms with E-state index in [4.69, 9.17) is 10.5 Å². The molecule has 128 valence electrons. The number of benzene rings is 1. The summed E-state index contributed by atoms with van der Waals surface area (Å²) in [5, 5.41) is 18.4. The number of aromatic nitrogens is 3. The minimum atomic E-state index is -0.564. The van der Waals surface area contributed by atoms with Gasteiger partial charge in [0, 0.05) is 11.1 Å². The van der Waals surface area contributed by atoms with Crippen molar-refractivity contribution < 1.29 is 9.84 Å². The smallest absolute Gasteiger partial charge is 0.134 e. The number of rotatable bonds is 5. The van der Waals surface area contributed by atoms with E-state index < -0.39 is 6.10 Å². The molecule has 1 aromatic carbocycles. The molecule has 2 fully saturated rings. The first kappa shape index (κ1) is 15.6. The molecule has 0 saturated heterocycles. The molecule has 0 radical (unpaired) electrons. The van der Waals surface area contributed by atoms with Crippen molar-refractivity contribution in [1.82, 2.24) is 15.0 Å². The van der Waals surface area contributed by atoms with Gasteiger partial charge in [-0.3, -0.25) is 0 Å². The number of aliphatic hydroxyl groups excluding tert-OH is 1. The van der Waals surface area contributed by atoms with Gasteiger partial charge in [0.05, 0.1) is 17.8 Å². The molecule has 0 aliphatic heterocycles. The molecule has 2 aliphatic carbocycles. The number of fused-ring (bicyclic) bond motifs is 2. The summed E-state index contributed by atoms with van der Waals surface area (Å²) in [4.78, 5) is 0. The molecule has 2 saturated carbocycles. The maximum atomic E-state index is 9.82. The number of hydrogen-bond donors (Lipinski definition) is 2. The highest BCUT2D eigenvalue weighted by Gasteiger charge is 2.54. The number of hydrogen-bond acceptors (Lipinski definition) is 5. The van der Waals surface area contributed by atoms with Crippen LogP contribution in [0.25, 0.3) is 0 Å². The lowest BCUT2D eigenvalue weighted by atomic mass is 9.92. The molecular formula is C18H24N4O2. The highest BCUT2D eigenvalue weighted by molar-refractivity contribution is 5.34. The maximum Gasteiger partial charge on any atom is 0.134 e. The monoisotopic (exact) mass is 328 g/mol. The van der Waals surface area contributed by atoms with Gasteiger partial charge in [-0.15, -0.1) is 5.10 Å². The molecule has 4 rings (SSSR count). The lowest BCUT2D eigenvalue weighted by molar-refractivity contribution is 0.190. The molecule has 2 bridgehead atoms. The van der Waals surface area contributed by atoms with Gasteiger partial charge >= 0.3 is 0 Å². The van der Waals surface area contributed by atoms with Crippen LogP contribution in [0.3, 0.4) is 0 Å². The molecule has 24 heavy (non-hydrogen) atoms. The number of nitrogens with two attached hydrogens (primary N) is 1. The molecule has 6 nitrogen and oxygen atoms in total. The fraction of sp³-hybridized carbons (Fsp3) is 0.556. The summed E-state index contributed by atoms with van der Waals surface area (Å²) in [6.45, 7) is 2.07. The van der Waals surface area contributed by atoms with Gasteiger partial charge in [-0.25, -0.2) is 4.68 Å². The van der Waals surface area contributed by atoms with Gasteiger partial charge in [0.15, 0.2) is 0 Å². The fourth-order valence-electron chi connectivity index (χ4n) is 4.24. The van der Waals surface area contributed by atoms with Crippen molar-refractivity contribution in [3.8, 4) is 5.75 Å². The van der Waals surface area contributed by atoms with E-state index in [1.165, 1.54) is 0 Å². The van der Waals surface area contributed by atoms with Crippen molar-refractivity contribution >= 4 is 0 Å². The van der Waals surface area contributed by atoms with E-state index in [1.807, 2.05) is 35.1 Å². The highest BCUT2D eigenvalue weighted by atomic mass is 16.5. The zero-order valence-electron chi connectivity index (χ0n) is 14.0. The largest absolute Gasteiger partial charge is 0.487 e. The first-order valence-electron chi connectivity index (χ1n) is 8.60. The van der Waals surface area contributed by atoms with Crippen molar-refractivity contribution in [2.45, 2.75) is 62.8 Å². The van der Waals surface area contributed by atoms with Crippen LogP contribution in [0.2, 0.25) is 0 Å². The Morgan fingerprint density at radius 1 is 1.29 bits per heavy atom. The average molecular weight is 328 g/mol. The minimum Gasteiger partial charge on any atom is -0.487 e. The topological polar surface area (TPSA) is 86.2 Å². The summed E-state index contributed by atoms with van der Waals surface area (Å²) in [7, 11) is 0. The SMILES string of the molecule is CC(O)c1ccccc1OCc1cn(C23CCC(N)(CC2)C3)nn1. The molecule has 6 heteroatoms. The predicted octanol–water partition coefficient (Wildman–Crippen LogP) is 2.28. The van der Waals surface area contributed by atoms with E-state index in [1.54, 1.807) is 6.92 Å². The van der Waals surface area contributed by atoms with Gasteiger partial charge in [-0.05, 0) is 45.1 Å². The van der Waals surface area contributed by atoms with E-state index in [0.717, 1.165) is 43.4 Å². The van der Waals surface area contributed by atoms with Crippen LogP contribution in [0.4, 0.5) is 0 Å². The Morgan fingerprint density at radius 2 is 2.04 bits per heavy atom. The van der Waals surface area contributed by atoms with Gasteiger partial charge in [-0.1, -0.05) is 23.4 Å². The first-order valence-corrected chi connectivity index (χ1v) is 8.60. The third-order valence-electron chi connectivity index (χ3n) is 5.63. The summed E-state index contributed by atoms with van der Waals surface area (Å²) in [6.07, 6.45) is 6.72. The maximum absolute atomic E-state index is 9.82. The third kappa shape index (κ3) is 2.59. The van der Waals surface area contributed by atoms with Crippen LogP contribution in [0.1, 0.15) is 56.4 Å². The van der Waals surface area contributed by atoms with E-state index in [-0.39, 0.29) is 11.1 Å². The van der Waals surface area contributed by atoms with Crippen molar-refractivity contribution in [2.75, 3.05) is 0 Å². The number of nitrogens with zero attached hydrogens (tertiary/aromatic N) is 3. The second-order valence-electron chi connectivity index (χ2n) is 7.42. The fourth-order valence-corrected chi connectivity index (χ4v) is 4.24. The van der Waals surface area contributed by atoms with Crippen LogP contribution in [0.5, 0.6) is 5.75 Å². The van der Waals surface area contributed by atoms with Gasteiger partial charge in [0.2, 0.25) is 0 Å². The van der Waals surface area contributed by atoms with Crippen LogP contribution in [-0.4, -0.2) is 25.6 Å². The Bertz CT molecular complexity index is 732. The van der Waals surface area contributed by atoms with Crippen LogP contribution in [0, 0.1) is 0 Å².